The van der Waals surface area contributed by atoms with Crippen molar-refractivity contribution in [2.45, 2.75) is 44.6 Å². The van der Waals surface area contributed by atoms with Crippen molar-refractivity contribution in [3.8, 4) is 0 Å². The molecule has 23 heavy (non-hydrogen) atoms. The SMILES string of the molecule is O=C(NC1CCCCC1)C1CC(=O)N(c2cccc(Cl)c2Cl)C1. The maximum absolute atomic E-state index is 12.4. The topological polar surface area (TPSA) is 49.4 Å². The van der Waals surface area contributed by atoms with E-state index >= 15 is 0 Å². The highest BCUT2D eigenvalue weighted by Gasteiger charge is 2.36. The Hall–Kier alpha value is -1.26. The predicted molar refractivity (Wildman–Crippen MR) is 91.9 cm³/mol. The Bertz CT molecular complexity index is 615. The minimum absolute atomic E-state index is 0.0223. The maximum Gasteiger partial charge on any atom is 0.227 e. The van der Waals surface area contributed by atoms with E-state index in [1.165, 1.54) is 19.3 Å². The summed E-state index contributed by atoms with van der Waals surface area (Å²) in [5.74, 6) is -0.427. The first kappa shape index (κ1) is 16.6. The Balaban J connectivity index is 1.67. The zero-order valence-corrected chi connectivity index (χ0v) is 14.4. The number of anilines is 1. The largest absolute Gasteiger partial charge is 0.353 e. The first-order valence-electron chi connectivity index (χ1n) is 8.11. The number of carbonyl (C=O) groups is 2. The molecule has 1 saturated carbocycles. The van der Waals surface area contributed by atoms with Crippen molar-refractivity contribution in [1.82, 2.24) is 5.32 Å². The first-order chi connectivity index (χ1) is 11.1. The smallest absolute Gasteiger partial charge is 0.227 e. The van der Waals surface area contributed by atoms with E-state index in [0.717, 1.165) is 12.8 Å². The number of benzene rings is 1. The molecule has 0 bridgehead atoms. The molecule has 0 radical (unpaired) electrons. The van der Waals surface area contributed by atoms with Gasteiger partial charge in [-0.05, 0) is 25.0 Å². The Morgan fingerprint density at radius 2 is 1.91 bits per heavy atom. The molecule has 1 aliphatic heterocycles. The van der Waals surface area contributed by atoms with E-state index in [2.05, 4.69) is 5.32 Å². The van der Waals surface area contributed by atoms with Crippen LogP contribution in [0.5, 0.6) is 0 Å². The molecule has 6 heteroatoms. The third-order valence-electron chi connectivity index (χ3n) is 4.67. The average molecular weight is 355 g/mol. The van der Waals surface area contributed by atoms with Crippen molar-refractivity contribution < 1.29 is 9.59 Å². The number of amides is 2. The van der Waals surface area contributed by atoms with Gasteiger partial charge in [-0.15, -0.1) is 0 Å². The second kappa shape index (κ2) is 7.10. The van der Waals surface area contributed by atoms with Gasteiger partial charge in [0.1, 0.15) is 0 Å². The molecule has 2 fully saturated rings. The van der Waals surface area contributed by atoms with Gasteiger partial charge < -0.3 is 10.2 Å². The molecule has 124 valence electrons. The Morgan fingerprint density at radius 3 is 2.65 bits per heavy atom. The lowest BCUT2D eigenvalue weighted by Crippen LogP contribution is -2.40. The van der Waals surface area contributed by atoms with Gasteiger partial charge >= 0.3 is 0 Å². The van der Waals surface area contributed by atoms with Gasteiger partial charge in [-0.1, -0.05) is 48.5 Å². The molecule has 1 saturated heterocycles. The van der Waals surface area contributed by atoms with Crippen molar-refractivity contribution in [1.29, 1.82) is 0 Å². The van der Waals surface area contributed by atoms with Crippen LogP contribution in [0.15, 0.2) is 18.2 Å². The van der Waals surface area contributed by atoms with Crippen LogP contribution < -0.4 is 10.2 Å². The number of hydrogen-bond donors (Lipinski definition) is 1. The molecule has 1 aliphatic carbocycles. The molecule has 1 N–H and O–H groups in total. The van der Waals surface area contributed by atoms with Gasteiger partial charge in [-0.2, -0.15) is 0 Å². The fraction of sp³-hybridized carbons (Fsp3) is 0.529. The van der Waals surface area contributed by atoms with Crippen LogP contribution in [-0.2, 0) is 9.59 Å². The van der Waals surface area contributed by atoms with Crippen LogP contribution in [-0.4, -0.2) is 24.4 Å². The molecule has 1 unspecified atom stereocenters. The summed E-state index contributed by atoms with van der Waals surface area (Å²) in [6.45, 7) is 0.359. The summed E-state index contributed by atoms with van der Waals surface area (Å²) in [5.41, 5.74) is 0.581. The van der Waals surface area contributed by atoms with E-state index in [0.29, 0.717) is 22.3 Å². The van der Waals surface area contributed by atoms with Crippen molar-refractivity contribution >= 4 is 40.7 Å². The lowest BCUT2D eigenvalue weighted by atomic mass is 9.95. The highest BCUT2D eigenvalue weighted by atomic mass is 35.5. The zero-order valence-electron chi connectivity index (χ0n) is 12.9. The number of hydrogen-bond acceptors (Lipinski definition) is 2. The van der Waals surface area contributed by atoms with Crippen molar-refractivity contribution in [3.63, 3.8) is 0 Å². The van der Waals surface area contributed by atoms with Crippen LogP contribution in [0.3, 0.4) is 0 Å². The van der Waals surface area contributed by atoms with Crippen LogP contribution in [0.25, 0.3) is 0 Å². The molecule has 2 amide bonds. The summed E-state index contributed by atoms with van der Waals surface area (Å²) in [6, 6.07) is 5.45. The molecular formula is C17H20Cl2N2O2. The minimum Gasteiger partial charge on any atom is -0.353 e. The second-order valence-electron chi connectivity index (χ2n) is 6.32. The van der Waals surface area contributed by atoms with E-state index in [1.54, 1.807) is 23.1 Å². The summed E-state index contributed by atoms with van der Waals surface area (Å²) >= 11 is 12.2. The van der Waals surface area contributed by atoms with Gasteiger partial charge in [0, 0.05) is 19.0 Å². The number of rotatable bonds is 3. The Morgan fingerprint density at radius 1 is 1.17 bits per heavy atom. The molecular weight excluding hydrogens is 335 g/mol. The van der Waals surface area contributed by atoms with Crippen molar-refractivity contribution in [2.24, 2.45) is 5.92 Å². The standard InChI is InChI=1S/C17H20Cl2N2O2/c18-13-7-4-8-14(16(13)19)21-10-11(9-15(21)22)17(23)20-12-5-2-1-3-6-12/h4,7-8,11-12H,1-3,5-6,9-10H2,(H,20,23). The minimum atomic E-state index is -0.320. The molecule has 3 rings (SSSR count). The van der Waals surface area contributed by atoms with Gasteiger partial charge in [0.25, 0.3) is 0 Å². The molecule has 4 nitrogen and oxygen atoms in total. The van der Waals surface area contributed by atoms with Gasteiger partial charge in [0.15, 0.2) is 0 Å². The third-order valence-corrected chi connectivity index (χ3v) is 5.48. The summed E-state index contributed by atoms with van der Waals surface area (Å²) in [7, 11) is 0. The molecule has 1 atom stereocenters. The molecule has 2 aliphatic rings. The number of nitrogens with one attached hydrogen (secondary N) is 1. The zero-order chi connectivity index (χ0) is 16.4. The van der Waals surface area contributed by atoms with E-state index in [4.69, 9.17) is 23.2 Å². The summed E-state index contributed by atoms with van der Waals surface area (Å²) in [6.07, 6.45) is 5.88. The van der Waals surface area contributed by atoms with Crippen LogP contribution in [0.1, 0.15) is 38.5 Å². The fourth-order valence-electron chi connectivity index (χ4n) is 3.38. The molecule has 1 aromatic rings. The summed E-state index contributed by atoms with van der Waals surface area (Å²) < 4.78 is 0. The predicted octanol–water partition coefficient (Wildman–Crippen LogP) is 3.80. The number of carbonyl (C=O) groups excluding carboxylic acids is 2. The van der Waals surface area contributed by atoms with Gasteiger partial charge in [0.2, 0.25) is 11.8 Å². The third kappa shape index (κ3) is 3.64. The van der Waals surface area contributed by atoms with E-state index < -0.39 is 0 Å². The van der Waals surface area contributed by atoms with Crippen LogP contribution >= 0.6 is 23.2 Å². The lowest BCUT2D eigenvalue weighted by molar-refractivity contribution is -0.127. The number of nitrogens with zero attached hydrogens (tertiary/aromatic N) is 1. The molecule has 1 heterocycles. The summed E-state index contributed by atoms with van der Waals surface area (Å²) in [4.78, 5) is 26.3. The molecule has 0 aromatic heterocycles. The Kier molecular flexibility index (Phi) is 5.12. The molecule has 1 aromatic carbocycles. The van der Waals surface area contributed by atoms with Gasteiger partial charge in [-0.25, -0.2) is 0 Å². The highest BCUT2D eigenvalue weighted by Crippen LogP contribution is 2.35. The second-order valence-corrected chi connectivity index (χ2v) is 7.11. The highest BCUT2D eigenvalue weighted by molar-refractivity contribution is 6.44. The van der Waals surface area contributed by atoms with E-state index in [-0.39, 0.29) is 30.2 Å². The van der Waals surface area contributed by atoms with Crippen molar-refractivity contribution in [3.05, 3.63) is 28.2 Å². The lowest BCUT2D eigenvalue weighted by Gasteiger charge is -2.24. The monoisotopic (exact) mass is 354 g/mol. The van der Waals surface area contributed by atoms with Crippen LogP contribution in [0.2, 0.25) is 10.0 Å². The van der Waals surface area contributed by atoms with Gasteiger partial charge in [0.05, 0.1) is 21.7 Å². The maximum atomic E-state index is 12.4. The fourth-order valence-corrected chi connectivity index (χ4v) is 3.78. The molecule has 0 spiro atoms. The van der Waals surface area contributed by atoms with Crippen LogP contribution in [0.4, 0.5) is 5.69 Å². The van der Waals surface area contributed by atoms with E-state index in [9.17, 15) is 9.59 Å². The van der Waals surface area contributed by atoms with Crippen molar-refractivity contribution in [2.75, 3.05) is 11.4 Å². The normalized spacial score (nSPS) is 22.4. The van der Waals surface area contributed by atoms with Gasteiger partial charge in [-0.3, -0.25) is 9.59 Å². The summed E-state index contributed by atoms with van der Waals surface area (Å²) in [5, 5.41) is 3.87. The van der Waals surface area contributed by atoms with Crippen LogP contribution in [0, 0.1) is 5.92 Å². The Labute approximate surface area is 146 Å². The quantitative estimate of drug-likeness (QED) is 0.897. The number of halogens is 2. The van der Waals surface area contributed by atoms with E-state index in [1.807, 2.05) is 0 Å². The average Bonchev–Trinajstić information content (AvgIpc) is 2.93. The first-order valence-corrected chi connectivity index (χ1v) is 8.86.